The molecule has 0 heterocycles. The van der Waals surface area contributed by atoms with Crippen molar-refractivity contribution in [2.24, 2.45) is 0 Å². The number of carbonyl (C=O) groups is 1. The van der Waals surface area contributed by atoms with Crippen LogP contribution in [-0.4, -0.2) is 17.6 Å². The van der Waals surface area contributed by atoms with Crippen molar-refractivity contribution in [1.82, 2.24) is 5.32 Å². The first kappa shape index (κ1) is 14.7. The second kappa shape index (κ2) is 7.17. The highest BCUT2D eigenvalue weighted by Crippen LogP contribution is 2.18. The third kappa shape index (κ3) is 4.49. The van der Waals surface area contributed by atoms with Gasteiger partial charge in [0.15, 0.2) is 0 Å². The Bertz CT molecular complexity index is 401. The first-order valence-corrected chi connectivity index (χ1v) is 6.56. The molecule has 1 aromatic rings. The number of aliphatic hydroxyl groups excluding tert-OH is 1. The van der Waals surface area contributed by atoms with Gasteiger partial charge < -0.3 is 10.4 Å². The number of unbranched alkanes of at least 4 members (excludes halogenated alkanes) is 1. The Balaban J connectivity index is 2.50. The van der Waals surface area contributed by atoms with Crippen molar-refractivity contribution in [1.29, 1.82) is 0 Å². The molecule has 1 unspecified atom stereocenters. The van der Waals surface area contributed by atoms with Crippen molar-refractivity contribution in [2.75, 3.05) is 6.54 Å². The highest BCUT2D eigenvalue weighted by molar-refractivity contribution is 5.75. The van der Waals surface area contributed by atoms with Crippen LogP contribution in [0.3, 0.4) is 0 Å². The summed E-state index contributed by atoms with van der Waals surface area (Å²) in [5, 5.41) is 12.8. The number of amides is 1. The largest absolute Gasteiger partial charge is 0.387 e. The van der Waals surface area contributed by atoms with Gasteiger partial charge in [-0.2, -0.15) is 0 Å². The van der Waals surface area contributed by atoms with Gasteiger partial charge in [0.05, 0.1) is 6.10 Å². The van der Waals surface area contributed by atoms with E-state index in [-0.39, 0.29) is 12.5 Å². The summed E-state index contributed by atoms with van der Waals surface area (Å²) in [5.41, 5.74) is 3.12. The van der Waals surface area contributed by atoms with Gasteiger partial charge in [-0.25, -0.2) is 0 Å². The monoisotopic (exact) mass is 249 g/mol. The zero-order chi connectivity index (χ0) is 13.5. The Morgan fingerprint density at radius 2 is 2.11 bits per heavy atom. The Morgan fingerprint density at radius 1 is 1.39 bits per heavy atom. The molecule has 1 aromatic carbocycles. The third-order valence-corrected chi connectivity index (χ3v) is 3.03. The van der Waals surface area contributed by atoms with E-state index < -0.39 is 6.10 Å². The molecule has 0 spiro atoms. The summed E-state index contributed by atoms with van der Waals surface area (Å²) >= 11 is 0. The van der Waals surface area contributed by atoms with E-state index in [1.807, 2.05) is 32.0 Å². The van der Waals surface area contributed by atoms with Crippen LogP contribution >= 0.6 is 0 Å². The predicted molar refractivity (Wildman–Crippen MR) is 73.4 cm³/mol. The number of rotatable bonds is 6. The molecule has 1 rings (SSSR count). The maximum absolute atomic E-state index is 11.5. The number of aryl methyl sites for hydroxylation is 2. The van der Waals surface area contributed by atoms with Crippen LogP contribution in [0.5, 0.6) is 0 Å². The second-order valence-electron chi connectivity index (χ2n) is 4.78. The molecule has 3 heteroatoms. The molecule has 1 atom stereocenters. The van der Waals surface area contributed by atoms with Gasteiger partial charge >= 0.3 is 0 Å². The van der Waals surface area contributed by atoms with Crippen LogP contribution in [0, 0.1) is 13.8 Å². The smallest absolute Gasteiger partial charge is 0.220 e. The molecule has 0 aliphatic carbocycles. The van der Waals surface area contributed by atoms with E-state index >= 15 is 0 Å². The number of nitrogens with one attached hydrogen (secondary N) is 1. The quantitative estimate of drug-likeness (QED) is 0.814. The minimum Gasteiger partial charge on any atom is -0.387 e. The molecule has 2 N–H and O–H groups in total. The van der Waals surface area contributed by atoms with E-state index in [0.29, 0.717) is 6.42 Å². The topological polar surface area (TPSA) is 49.3 Å². The van der Waals surface area contributed by atoms with Crippen LogP contribution in [-0.2, 0) is 4.79 Å². The van der Waals surface area contributed by atoms with Crippen LogP contribution in [0.2, 0.25) is 0 Å². The van der Waals surface area contributed by atoms with Crippen molar-refractivity contribution in [3.8, 4) is 0 Å². The molecular weight excluding hydrogens is 226 g/mol. The summed E-state index contributed by atoms with van der Waals surface area (Å²) in [6, 6.07) is 5.94. The summed E-state index contributed by atoms with van der Waals surface area (Å²) in [6.07, 6.45) is 1.81. The summed E-state index contributed by atoms with van der Waals surface area (Å²) in [7, 11) is 0. The molecule has 100 valence electrons. The van der Waals surface area contributed by atoms with Gasteiger partial charge in [0.25, 0.3) is 0 Å². The van der Waals surface area contributed by atoms with E-state index in [4.69, 9.17) is 0 Å². The molecule has 1 amide bonds. The van der Waals surface area contributed by atoms with Crippen LogP contribution in [0.4, 0.5) is 0 Å². The molecule has 0 bridgehead atoms. The maximum Gasteiger partial charge on any atom is 0.220 e. The van der Waals surface area contributed by atoms with Gasteiger partial charge in [-0.1, -0.05) is 37.1 Å². The highest BCUT2D eigenvalue weighted by atomic mass is 16.3. The summed E-state index contributed by atoms with van der Waals surface area (Å²) in [6.45, 7) is 6.34. The SMILES string of the molecule is CCCCC(=O)NCC(O)c1ccc(C)cc1C. The third-order valence-electron chi connectivity index (χ3n) is 3.03. The van der Waals surface area contributed by atoms with E-state index in [0.717, 1.165) is 24.0 Å². The molecular formula is C15H23NO2. The standard InChI is InChI=1S/C15H23NO2/c1-4-5-6-15(18)16-10-14(17)13-8-7-11(2)9-12(13)3/h7-9,14,17H,4-6,10H2,1-3H3,(H,16,18). The van der Waals surface area contributed by atoms with Crippen LogP contribution in [0.15, 0.2) is 18.2 Å². The molecule has 0 saturated heterocycles. The van der Waals surface area contributed by atoms with Gasteiger partial charge in [0.1, 0.15) is 0 Å². The average molecular weight is 249 g/mol. The molecule has 0 radical (unpaired) electrons. The van der Waals surface area contributed by atoms with Crippen molar-refractivity contribution in [3.05, 3.63) is 34.9 Å². The molecule has 0 saturated carbocycles. The Labute approximate surface area is 109 Å². The van der Waals surface area contributed by atoms with Gasteiger partial charge in [0.2, 0.25) is 5.91 Å². The first-order chi connectivity index (χ1) is 8.54. The zero-order valence-corrected chi connectivity index (χ0v) is 11.5. The molecule has 0 aliphatic rings. The van der Waals surface area contributed by atoms with Gasteiger partial charge in [0, 0.05) is 13.0 Å². The molecule has 0 fully saturated rings. The van der Waals surface area contributed by atoms with Gasteiger partial charge in [-0.3, -0.25) is 4.79 Å². The fourth-order valence-corrected chi connectivity index (χ4v) is 1.95. The number of aliphatic hydroxyl groups is 1. The zero-order valence-electron chi connectivity index (χ0n) is 11.5. The Hall–Kier alpha value is -1.35. The maximum atomic E-state index is 11.5. The molecule has 0 aromatic heterocycles. The highest BCUT2D eigenvalue weighted by Gasteiger charge is 2.11. The number of hydrogen-bond donors (Lipinski definition) is 2. The fraction of sp³-hybridized carbons (Fsp3) is 0.533. The van der Waals surface area contributed by atoms with Gasteiger partial charge in [-0.15, -0.1) is 0 Å². The van der Waals surface area contributed by atoms with Crippen LogP contribution in [0.1, 0.15) is 49.0 Å². The Morgan fingerprint density at radius 3 is 2.72 bits per heavy atom. The van der Waals surface area contributed by atoms with E-state index in [1.54, 1.807) is 0 Å². The minimum atomic E-state index is -0.629. The van der Waals surface area contributed by atoms with Crippen molar-refractivity contribution in [3.63, 3.8) is 0 Å². The van der Waals surface area contributed by atoms with Crippen LogP contribution < -0.4 is 5.32 Å². The van der Waals surface area contributed by atoms with Crippen molar-refractivity contribution >= 4 is 5.91 Å². The predicted octanol–water partition coefficient (Wildman–Crippen LogP) is 2.64. The molecule has 18 heavy (non-hydrogen) atoms. The summed E-state index contributed by atoms with van der Waals surface area (Å²) < 4.78 is 0. The van der Waals surface area contributed by atoms with E-state index in [9.17, 15) is 9.90 Å². The molecule has 3 nitrogen and oxygen atoms in total. The second-order valence-corrected chi connectivity index (χ2v) is 4.78. The fourth-order valence-electron chi connectivity index (χ4n) is 1.95. The lowest BCUT2D eigenvalue weighted by atomic mass is 10.0. The number of hydrogen-bond acceptors (Lipinski definition) is 2. The lowest BCUT2D eigenvalue weighted by Crippen LogP contribution is -2.28. The van der Waals surface area contributed by atoms with Crippen LogP contribution in [0.25, 0.3) is 0 Å². The minimum absolute atomic E-state index is 0.0145. The first-order valence-electron chi connectivity index (χ1n) is 6.56. The summed E-state index contributed by atoms with van der Waals surface area (Å²) in [4.78, 5) is 11.5. The van der Waals surface area contributed by atoms with Gasteiger partial charge in [-0.05, 0) is 31.4 Å². The normalized spacial score (nSPS) is 12.2. The number of benzene rings is 1. The lowest BCUT2D eigenvalue weighted by Gasteiger charge is -2.15. The van der Waals surface area contributed by atoms with E-state index in [1.165, 1.54) is 5.56 Å². The number of carbonyl (C=O) groups excluding carboxylic acids is 1. The summed E-state index contributed by atoms with van der Waals surface area (Å²) in [5.74, 6) is 0.0145. The van der Waals surface area contributed by atoms with E-state index in [2.05, 4.69) is 12.2 Å². The van der Waals surface area contributed by atoms with Crippen molar-refractivity contribution in [2.45, 2.75) is 46.1 Å². The Kier molecular flexibility index (Phi) is 5.86. The molecule has 0 aliphatic heterocycles. The lowest BCUT2D eigenvalue weighted by molar-refractivity contribution is -0.121. The van der Waals surface area contributed by atoms with Crippen molar-refractivity contribution < 1.29 is 9.90 Å². The average Bonchev–Trinajstić information content (AvgIpc) is 2.33.